The van der Waals surface area contributed by atoms with Gasteiger partial charge in [-0.1, -0.05) is 6.07 Å². The fourth-order valence-corrected chi connectivity index (χ4v) is 5.39. The number of ether oxygens (including phenoxy) is 2. The quantitative estimate of drug-likeness (QED) is 0.640. The van der Waals surface area contributed by atoms with Crippen LogP contribution >= 0.6 is 23.7 Å². The molecule has 0 unspecified atom stereocenters. The van der Waals surface area contributed by atoms with Crippen molar-refractivity contribution in [1.29, 1.82) is 0 Å². The number of carbonyl (C=O) groups excluding carboxylic acids is 2. The Hall–Kier alpha value is -2.29. The number of thiophene rings is 1. The van der Waals surface area contributed by atoms with Crippen LogP contribution in [0.5, 0.6) is 11.5 Å². The number of nitrogens with two attached hydrogens (primary N) is 1. The number of para-hydroxylation sites is 1. The number of halogens is 1. The summed E-state index contributed by atoms with van der Waals surface area (Å²) in [5, 5.41) is 6.92. The molecule has 2 heterocycles. The molecule has 0 saturated heterocycles. The van der Waals surface area contributed by atoms with Crippen LogP contribution < -0.4 is 25.8 Å². The van der Waals surface area contributed by atoms with E-state index in [-0.39, 0.29) is 23.5 Å². The maximum atomic E-state index is 13.0. The third-order valence-corrected chi connectivity index (χ3v) is 6.44. The zero-order chi connectivity index (χ0) is 21.6. The summed E-state index contributed by atoms with van der Waals surface area (Å²) >= 11 is 1.38. The zero-order valence-electron chi connectivity index (χ0n) is 18.0. The van der Waals surface area contributed by atoms with E-state index in [0.29, 0.717) is 34.0 Å². The van der Waals surface area contributed by atoms with Crippen molar-refractivity contribution in [3.05, 3.63) is 39.8 Å². The van der Waals surface area contributed by atoms with Crippen molar-refractivity contribution < 1.29 is 19.1 Å². The van der Waals surface area contributed by atoms with Gasteiger partial charge < -0.3 is 25.8 Å². The lowest BCUT2D eigenvalue weighted by Crippen LogP contribution is -2.55. The Labute approximate surface area is 186 Å². The molecule has 164 valence electrons. The van der Waals surface area contributed by atoms with Gasteiger partial charge in [0.1, 0.15) is 5.00 Å². The molecule has 0 radical (unpaired) electrons. The number of carbonyl (C=O) groups is 2. The molecule has 1 aromatic carbocycles. The highest BCUT2D eigenvalue weighted by Crippen LogP contribution is 2.45. The van der Waals surface area contributed by atoms with Crippen LogP contribution in [0.1, 0.15) is 58.9 Å². The molecule has 0 atom stereocenters. The van der Waals surface area contributed by atoms with Crippen LogP contribution in [0.3, 0.4) is 0 Å². The largest absolute Gasteiger partial charge is 0.493 e. The van der Waals surface area contributed by atoms with Crippen molar-refractivity contribution in [2.24, 2.45) is 5.73 Å². The molecule has 0 fully saturated rings. The number of hydrogen-bond donors (Lipinski definition) is 3. The van der Waals surface area contributed by atoms with Gasteiger partial charge in [-0.15, -0.1) is 23.7 Å². The van der Waals surface area contributed by atoms with Crippen LogP contribution in [0.2, 0.25) is 0 Å². The van der Waals surface area contributed by atoms with E-state index < -0.39 is 11.8 Å². The molecule has 0 spiro atoms. The second kappa shape index (κ2) is 8.45. The average molecular weight is 454 g/mol. The van der Waals surface area contributed by atoms with E-state index in [0.717, 1.165) is 10.4 Å². The molecule has 2 aromatic rings. The van der Waals surface area contributed by atoms with E-state index in [9.17, 15) is 9.59 Å². The Morgan fingerprint density at radius 1 is 1.17 bits per heavy atom. The first-order valence-corrected chi connectivity index (χ1v) is 10.1. The van der Waals surface area contributed by atoms with Gasteiger partial charge >= 0.3 is 0 Å². The molecule has 3 rings (SSSR count). The highest BCUT2D eigenvalue weighted by Gasteiger charge is 2.41. The Bertz CT molecular complexity index is 985. The predicted octanol–water partition coefficient (Wildman–Crippen LogP) is 3.70. The molecule has 9 heteroatoms. The standard InChI is InChI=1S/C21H27N3O4S.ClH/c1-20(2)10-12-14(17(22)25)19(29-16(12)21(3,4)24-20)23-18(26)11-8-7-9-13(27-5)15(11)28-6;/h7-9,24H,10H2,1-6H3,(H2,22,25)(H,23,26);1H. The molecule has 30 heavy (non-hydrogen) atoms. The van der Waals surface area contributed by atoms with Crippen LogP contribution in [0.4, 0.5) is 5.00 Å². The van der Waals surface area contributed by atoms with E-state index in [1.54, 1.807) is 18.2 Å². The summed E-state index contributed by atoms with van der Waals surface area (Å²) in [5.41, 5.74) is 6.74. The lowest BCUT2D eigenvalue weighted by Gasteiger charge is -2.42. The number of methoxy groups -OCH3 is 2. The molecule has 4 N–H and O–H groups in total. The van der Waals surface area contributed by atoms with Crippen LogP contribution in [-0.2, 0) is 12.0 Å². The Balaban J connectivity index is 0.00000320. The topological polar surface area (TPSA) is 103 Å². The van der Waals surface area contributed by atoms with E-state index in [1.165, 1.54) is 25.6 Å². The Morgan fingerprint density at radius 2 is 1.83 bits per heavy atom. The van der Waals surface area contributed by atoms with Gasteiger partial charge in [0, 0.05) is 16.0 Å². The first-order valence-electron chi connectivity index (χ1n) is 9.28. The predicted molar refractivity (Wildman–Crippen MR) is 122 cm³/mol. The molecule has 1 aliphatic rings. The second-order valence-electron chi connectivity index (χ2n) is 8.28. The van der Waals surface area contributed by atoms with Crippen molar-refractivity contribution >= 4 is 40.6 Å². The highest BCUT2D eigenvalue weighted by atomic mass is 35.5. The first-order chi connectivity index (χ1) is 13.5. The van der Waals surface area contributed by atoms with Crippen LogP contribution in [0, 0.1) is 0 Å². The maximum Gasteiger partial charge on any atom is 0.260 e. The number of benzene rings is 1. The summed E-state index contributed by atoms with van der Waals surface area (Å²) in [6.45, 7) is 8.29. The lowest BCUT2D eigenvalue weighted by atomic mass is 9.81. The minimum absolute atomic E-state index is 0. The van der Waals surface area contributed by atoms with Crippen LogP contribution in [0.15, 0.2) is 18.2 Å². The molecule has 0 aliphatic carbocycles. The van der Waals surface area contributed by atoms with Gasteiger partial charge in [0.05, 0.1) is 25.3 Å². The fourth-order valence-electron chi connectivity index (χ4n) is 4.11. The van der Waals surface area contributed by atoms with E-state index >= 15 is 0 Å². The van der Waals surface area contributed by atoms with Crippen molar-refractivity contribution in [1.82, 2.24) is 5.32 Å². The van der Waals surface area contributed by atoms with Gasteiger partial charge in [-0.3, -0.25) is 9.59 Å². The summed E-state index contributed by atoms with van der Waals surface area (Å²) in [6.07, 6.45) is 0.638. The summed E-state index contributed by atoms with van der Waals surface area (Å²) in [7, 11) is 2.98. The molecule has 0 bridgehead atoms. The zero-order valence-corrected chi connectivity index (χ0v) is 19.6. The molecular weight excluding hydrogens is 426 g/mol. The first kappa shape index (κ1) is 24.0. The lowest BCUT2D eigenvalue weighted by molar-refractivity contribution is 0.0999. The van der Waals surface area contributed by atoms with Gasteiger partial charge in [-0.25, -0.2) is 0 Å². The van der Waals surface area contributed by atoms with Gasteiger partial charge in [0.25, 0.3) is 11.8 Å². The minimum atomic E-state index is -0.552. The maximum absolute atomic E-state index is 13.0. The second-order valence-corrected chi connectivity index (χ2v) is 9.30. The van der Waals surface area contributed by atoms with Crippen molar-refractivity contribution in [2.45, 2.75) is 45.2 Å². The summed E-state index contributed by atoms with van der Waals surface area (Å²) in [4.78, 5) is 26.4. The third-order valence-electron chi connectivity index (χ3n) is 4.97. The monoisotopic (exact) mass is 453 g/mol. The number of fused-ring (bicyclic) bond motifs is 1. The van der Waals surface area contributed by atoms with Gasteiger partial charge in [-0.05, 0) is 51.8 Å². The number of primary amides is 1. The molecule has 1 aromatic heterocycles. The van der Waals surface area contributed by atoms with E-state index in [1.807, 2.05) is 0 Å². The number of hydrogen-bond acceptors (Lipinski definition) is 6. The average Bonchev–Trinajstić information content (AvgIpc) is 2.97. The van der Waals surface area contributed by atoms with Crippen molar-refractivity contribution in [3.63, 3.8) is 0 Å². The molecule has 0 saturated carbocycles. The van der Waals surface area contributed by atoms with Gasteiger partial charge in [0.2, 0.25) is 0 Å². The Morgan fingerprint density at radius 3 is 2.40 bits per heavy atom. The third kappa shape index (κ3) is 4.26. The molecule has 1 aliphatic heterocycles. The SMILES string of the molecule is COc1cccc(C(=O)Nc2sc3c(c2C(N)=O)CC(C)(C)NC3(C)C)c1OC.Cl. The van der Waals surface area contributed by atoms with Gasteiger partial charge in [0.15, 0.2) is 11.5 Å². The van der Waals surface area contributed by atoms with Crippen molar-refractivity contribution in [2.75, 3.05) is 19.5 Å². The normalized spacial score (nSPS) is 16.1. The fraction of sp³-hybridized carbons (Fsp3) is 0.429. The van der Waals surface area contributed by atoms with Crippen molar-refractivity contribution in [3.8, 4) is 11.5 Å². The van der Waals surface area contributed by atoms with E-state index in [4.69, 9.17) is 15.2 Å². The Kier molecular flexibility index (Phi) is 6.76. The summed E-state index contributed by atoms with van der Waals surface area (Å²) in [5.74, 6) is -0.166. The van der Waals surface area contributed by atoms with Crippen LogP contribution in [-0.4, -0.2) is 31.6 Å². The smallest absolute Gasteiger partial charge is 0.260 e. The number of rotatable bonds is 5. The number of nitrogens with one attached hydrogen (secondary N) is 2. The summed E-state index contributed by atoms with van der Waals surface area (Å²) in [6, 6.07) is 5.06. The molecular formula is C21H28ClN3O4S. The van der Waals surface area contributed by atoms with Crippen LogP contribution in [0.25, 0.3) is 0 Å². The van der Waals surface area contributed by atoms with E-state index in [2.05, 4.69) is 38.3 Å². The summed E-state index contributed by atoms with van der Waals surface area (Å²) < 4.78 is 10.6. The molecule has 7 nitrogen and oxygen atoms in total. The highest BCUT2D eigenvalue weighted by molar-refractivity contribution is 7.17. The van der Waals surface area contributed by atoms with Gasteiger partial charge in [-0.2, -0.15) is 0 Å². The molecule has 2 amide bonds. The number of anilines is 1. The minimum Gasteiger partial charge on any atom is -0.493 e. The number of amides is 2.